The summed E-state index contributed by atoms with van der Waals surface area (Å²) in [6, 6.07) is 2.08. The van der Waals surface area contributed by atoms with Crippen LogP contribution in [0.15, 0.2) is 6.20 Å². The largest absolute Gasteiger partial charge is 0.303 e. The van der Waals surface area contributed by atoms with Crippen LogP contribution in [-0.2, 0) is 6.42 Å². The Morgan fingerprint density at radius 1 is 1.56 bits per heavy atom. The van der Waals surface area contributed by atoms with Crippen LogP contribution in [0.4, 0.5) is 0 Å². The monoisotopic (exact) mass is 235 g/mol. The van der Waals surface area contributed by atoms with Crippen molar-refractivity contribution in [3.63, 3.8) is 0 Å². The van der Waals surface area contributed by atoms with Gasteiger partial charge in [-0.2, -0.15) is 5.26 Å². The minimum atomic E-state index is 0.585. The first-order valence-corrected chi connectivity index (χ1v) is 6.66. The van der Waals surface area contributed by atoms with Crippen molar-refractivity contribution in [1.82, 2.24) is 9.88 Å². The van der Waals surface area contributed by atoms with Gasteiger partial charge >= 0.3 is 0 Å². The second-order valence-electron chi connectivity index (χ2n) is 4.52. The molecule has 86 valence electrons. The zero-order chi connectivity index (χ0) is 11.4. The normalized spacial score (nSPS) is 18.5. The first kappa shape index (κ1) is 11.6. The molecule has 0 unspecified atom stereocenters. The highest BCUT2D eigenvalue weighted by molar-refractivity contribution is 7.12. The van der Waals surface area contributed by atoms with Crippen molar-refractivity contribution in [3.05, 3.63) is 16.1 Å². The predicted octanol–water partition coefficient (Wildman–Crippen LogP) is 2.29. The van der Waals surface area contributed by atoms with Crippen molar-refractivity contribution < 1.29 is 0 Å². The molecular weight excluding hydrogens is 218 g/mol. The van der Waals surface area contributed by atoms with Crippen LogP contribution in [0, 0.1) is 17.2 Å². The minimum Gasteiger partial charge on any atom is -0.303 e. The zero-order valence-corrected chi connectivity index (χ0v) is 10.5. The van der Waals surface area contributed by atoms with Crippen LogP contribution in [0.1, 0.15) is 29.7 Å². The molecule has 0 radical (unpaired) electrons. The van der Waals surface area contributed by atoms with Crippen LogP contribution in [0.3, 0.4) is 0 Å². The van der Waals surface area contributed by atoms with E-state index in [0.29, 0.717) is 5.01 Å². The maximum absolute atomic E-state index is 8.68. The van der Waals surface area contributed by atoms with E-state index in [1.807, 2.05) is 6.20 Å². The van der Waals surface area contributed by atoms with Crippen molar-refractivity contribution in [3.8, 4) is 6.07 Å². The molecule has 1 aromatic heterocycles. The quantitative estimate of drug-likeness (QED) is 0.807. The van der Waals surface area contributed by atoms with Crippen molar-refractivity contribution in [2.24, 2.45) is 5.92 Å². The molecule has 1 aliphatic heterocycles. The van der Waals surface area contributed by atoms with Gasteiger partial charge in [0.15, 0.2) is 5.01 Å². The Kier molecular flexibility index (Phi) is 3.92. The molecule has 4 heteroatoms. The molecule has 1 saturated heterocycles. The lowest BCUT2D eigenvalue weighted by molar-refractivity contribution is 0.195. The molecule has 0 aliphatic carbocycles. The molecule has 1 aromatic rings. The highest BCUT2D eigenvalue weighted by Crippen LogP contribution is 2.17. The van der Waals surface area contributed by atoms with E-state index < -0.39 is 0 Å². The molecule has 0 bridgehead atoms. The van der Waals surface area contributed by atoms with Gasteiger partial charge in [0, 0.05) is 17.6 Å². The number of hydrogen-bond acceptors (Lipinski definition) is 4. The molecular formula is C12H17N3S. The summed E-state index contributed by atoms with van der Waals surface area (Å²) in [4.78, 5) is 7.80. The maximum atomic E-state index is 8.68. The molecule has 0 aromatic carbocycles. The van der Waals surface area contributed by atoms with Crippen molar-refractivity contribution in [2.45, 2.75) is 26.2 Å². The number of nitriles is 1. The predicted molar refractivity (Wildman–Crippen MR) is 65.4 cm³/mol. The highest BCUT2D eigenvalue weighted by atomic mass is 32.1. The topological polar surface area (TPSA) is 39.9 Å². The second-order valence-corrected chi connectivity index (χ2v) is 5.63. The Hall–Kier alpha value is -0.920. The van der Waals surface area contributed by atoms with Crippen molar-refractivity contribution >= 4 is 11.3 Å². The van der Waals surface area contributed by atoms with Crippen LogP contribution >= 0.6 is 11.3 Å². The van der Waals surface area contributed by atoms with Gasteiger partial charge in [-0.05, 0) is 38.3 Å². The second kappa shape index (κ2) is 5.42. The van der Waals surface area contributed by atoms with Gasteiger partial charge in [0.1, 0.15) is 6.07 Å². The SMILES string of the molecule is CC1CCN(CCc2cnc(C#N)s2)CC1. The van der Waals surface area contributed by atoms with Gasteiger partial charge in [-0.3, -0.25) is 0 Å². The Morgan fingerprint density at radius 3 is 2.94 bits per heavy atom. The molecule has 0 amide bonds. The smallest absolute Gasteiger partial charge is 0.194 e. The van der Waals surface area contributed by atoms with Crippen LogP contribution in [0.5, 0.6) is 0 Å². The number of hydrogen-bond donors (Lipinski definition) is 0. The fourth-order valence-corrected chi connectivity index (χ4v) is 2.73. The fourth-order valence-electron chi connectivity index (χ4n) is 2.03. The summed E-state index contributed by atoms with van der Waals surface area (Å²) in [6.07, 6.45) is 5.53. The average molecular weight is 235 g/mol. The Morgan fingerprint density at radius 2 is 2.31 bits per heavy atom. The highest BCUT2D eigenvalue weighted by Gasteiger charge is 2.15. The van der Waals surface area contributed by atoms with E-state index in [2.05, 4.69) is 22.9 Å². The van der Waals surface area contributed by atoms with Gasteiger partial charge in [0.05, 0.1) is 0 Å². The number of thiazole rings is 1. The van der Waals surface area contributed by atoms with E-state index in [-0.39, 0.29) is 0 Å². The molecule has 16 heavy (non-hydrogen) atoms. The third kappa shape index (κ3) is 3.03. The van der Waals surface area contributed by atoms with E-state index in [1.165, 1.54) is 42.1 Å². The lowest BCUT2D eigenvalue weighted by Crippen LogP contribution is -2.34. The summed E-state index contributed by atoms with van der Waals surface area (Å²) in [5.74, 6) is 0.893. The lowest BCUT2D eigenvalue weighted by atomic mass is 9.99. The molecule has 0 spiro atoms. The van der Waals surface area contributed by atoms with E-state index in [1.54, 1.807) is 0 Å². The van der Waals surface area contributed by atoms with Gasteiger partial charge in [0.25, 0.3) is 0 Å². The van der Waals surface area contributed by atoms with E-state index in [4.69, 9.17) is 5.26 Å². The molecule has 2 heterocycles. The number of aromatic nitrogens is 1. The third-order valence-corrected chi connectivity index (χ3v) is 4.16. The van der Waals surface area contributed by atoms with Gasteiger partial charge in [-0.15, -0.1) is 11.3 Å². The Labute approximate surface area is 101 Å². The summed E-state index contributed by atoms with van der Waals surface area (Å²) >= 11 is 1.52. The average Bonchev–Trinajstić information content (AvgIpc) is 2.76. The van der Waals surface area contributed by atoms with Crippen molar-refractivity contribution in [2.75, 3.05) is 19.6 Å². The zero-order valence-electron chi connectivity index (χ0n) is 9.65. The van der Waals surface area contributed by atoms with Gasteiger partial charge < -0.3 is 4.90 Å². The number of nitrogens with zero attached hydrogens (tertiary/aromatic N) is 3. The minimum absolute atomic E-state index is 0.585. The van der Waals surface area contributed by atoms with Gasteiger partial charge in [0.2, 0.25) is 0 Å². The Bertz CT molecular complexity index is 372. The lowest BCUT2D eigenvalue weighted by Gasteiger charge is -2.29. The first-order valence-electron chi connectivity index (χ1n) is 5.85. The van der Waals surface area contributed by atoms with Crippen LogP contribution in [0.2, 0.25) is 0 Å². The molecule has 2 rings (SSSR count). The van der Waals surface area contributed by atoms with E-state index in [9.17, 15) is 0 Å². The number of rotatable bonds is 3. The van der Waals surface area contributed by atoms with Crippen molar-refractivity contribution in [1.29, 1.82) is 5.26 Å². The van der Waals surface area contributed by atoms with Crippen LogP contribution in [0.25, 0.3) is 0 Å². The molecule has 1 fully saturated rings. The molecule has 0 saturated carbocycles. The summed E-state index contributed by atoms with van der Waals surface area (Å²) in [6.45, 7) is 5.90. The Balaban J connectivity index is 1.77. The van der Waals surface area contributed by atoms with Crippen LogP contribution < -0.4 is 0 Å². The van der Waals surface area contributed by atoms with E-state index >= 15 is 0 Å². The molecule has 3 nitrogen and oxygen atoms in total. The number of piperidine rings is 1. The van der Waals surface area contributed by atoms with E-state index in [0.717, 1.165) is 18.9 Å². The fraction of sp³-hybridized carbons (Fsp3) is 0.667. The van der Waals surface area contributed by atoms with Crippen LogP contribution in [-0.4, -0.2) is 29.5 Å². The summed E-state index contributed by atoms with van der Waals surface area (Å²) in [5, 5.41) is 9.27. The first-order chi connectivity index (χ1) is 7.78. The van der Waals surface area contributed by atoms with Gasteiger partial charge in [-0.25, -0.2) is 4.98 Å². The van der Waals surface area contributed by atoms with Gasteiger partial charge in [-0.1, -0.05) is 6.92 Å². The third-order valence-electron chi connectivity index (χ3n) is 3.20. The summed E-state index contributed by atoms with van der Waals surface area (Å²) in [5.41, 5.74) is 0. The maximum Gasteiger partial charge on any atom is 0.194 e. The molecule has 1 aliphatic rings. The summed E-state index contributed by atoms with van der Waals surface area (Å²) in [7, 11) is 0. The molecule has 0 atom stereocenters. The molecule has 0 N–H and O–H groups in total. The standard InChI is InChI=1S/C12H17N3S/c1-10-2-5-15(6-3-10)7-4-11-9-14-12(8-13)16-11/h9-10H,2-7H2,1H3. The number of likely N-dealkylation sites (tertiary alicyclic amines) is 1. The summed E-state index contributed by atoms with van der Waals surface area (Å²) < 4.78 is 0.